The van der Waals surface area contributed by atoms with Crippen LogP contribution in [0.1, 0.15) is 13.8 Å². The minimum absolute atomic E-state index is 0.486. The van der Waals surface area contributed by atoms with E-state index in [2.05, 4.69) is 0 Å². The Hall–Kier alpha value is -0.620. The number of nitrogens with zero attached hydrogens (tertiary/aromatic N) is 1. The summed E-state index contributed by atoms with van der Waals surface area (Å²) in [5.41, 5.74) is -0.959. The summed E-state index contributed by atoms with van der Waals surface area (Å²) in [6.07, 6.45) is 0. The van der Waals surface area contributed by atoms with Crippen LogP contribution in [0.2, 0.25) is 0 Å². The summed E-state index contributed by atoms with van der Waals surface area (Å²) in [6, 6.07) is 0. The van der Waals surface area contributed by atoms with Gasteiger partial charge in [-0.2, -0.15) is 12.7 Å². The second-order valence-corrected chi connectivity index (χ2v) is 4.66. The van der Waals surface area contributed by atoms with Crippen LogP contribution in [0, 0.1) is 0 Å². The van der Waals surface area contributed by atoms with Crippen molar-refractivity contribution in [2.24, 2.45) is 0 Å². The summed E-state index contributed by atoms with van der Waals surface area (Å²) in [4.78, 5) is 11.0. The maximum absolute atomic E-state index is 11.0. The lowest BCUT2D eigenvalue weighted by Gasteiger charge is -2.20. The summed E-state index contributed by atoms with van der Waals surface area (Å²) < 4.78 is 24.9. The molecule has 1 aliphatic heterocycles. The average molecular weight is 178 g/mol. The lowest BCUT2D eigenvalue weighted by atomic mass is 10.1. The fraction of sp³-hybridized carbons (Fsp3) is 0.800. The molecule has 1 fully saturated rings. The molecule has 0 atom stereocenters. The molecule has 0 spiro atoms. The first-order valence-electron chi connectivity index (χ1n) is 3.09. The van der Waals surface area contributed by atoms with E-state index in [1.165, 1.54) is 7.05 Å². The predicted octanol–water partition coefficient (Wildman–Crippen LogP) is -0.929. The number of nitrogens with one attached hydrogen (secondary N) is 1. The highest BCUT2D eigenvalue weighted by molar-refractivity contribution is 7.88. The van der Waals surface area contributed by atoms with E-state index in [1.807, 2.05) is 4.72 Å². The van der Waals surface area contributed by atoms with Crippen LogP contribution in [0.5, 0.6) is 0 Å². The first-order chi connectivity index (χ1) is 4.78. The number of amides is 1. The number of rotatable bonds is 0. The van der Waals surface area contributed by atoms with Crippen molar-refractivity contribution < 1.29 is 13.2 Å². The Morgan fingerprint density at radius 1 is 1.45 bits per heavy atom. The highest BCUT2D eigenvalue weighted by atomic mass is 32.2. The SMILES string of the molecule is CN1C(C)(C)C(=O)NS1(=O)=O. The molecule has 11 heavy (non-hydrogen) atoms. The topological polar surface area (TPSA) is 66.5 Å². The lowest BCUT2D eigenvalue weighted by molar-refractivity contribution is -0.124. The molecule has 64 valence electrons. The van der Waals surface area contributed by atoms with Crippen LogP contribution < -0.4 is 4.72 Å². The van der Waals surface area contributed by atoms with Crippen molar-refractivity contribution >= 4 is 16.1 Å². The Labute approximate surface area is 65.6 Å². The van der Waals surface area contributed by atoms with E-state index in [-0.39, 0.29) is 0 Å². The summed E-state index contributed by atoms with van der Waals surface area (Å²) >= 11 is 0. The average Bonchev–Trinajstić information content (AvgIpc) is 1.94. The Morgan fingerprint density at radius 2 is 1.91 bits per heavy atom. The minimum atomic E-state index is -3.55. The maximum atomic E-state index is 11.0. The van der Waals surface area contributed by atoms with Gasteiger partial charge in [0, 0.05) is 7.05 Å². The monoisotopic (exact) mass is 178 g/mol. The van der Waals surface area contributed by atoms with Crippen molar-refractivity contribution in [2.45, 2.75) is 19.4 Å². The molecule has 0 radical (unpaired) electrons. The van der Waals surface area contributed by atoms with Crippen molar-refractivity contribution in [3.63, 3.8) is 0 Å². The minimum Gasteiger partial charge on any atom is -0.272 e. The second kappa shape index (κ2) is 1.95. The smallest absolute Gasteiger partial charge is 0.272 e. The standard InChI is InChI=1S/C5H10N2O3S/c1-5(2)4(8)6-11(9,10)7(5)3/h1-3H3,(H,6,8). The van der Waals surface area contributed by atoms with Gasteiger partial charge < -0.3 is 0 Å². The van der Waals surface area contributed by atoms with Gasteiger partial charge in [0.1, 0.15) is 5.54 Å². The van der Waals surface area contributed by atoms with E-state index in [0.717, 1.165) is 4.31 Å². The molecule has 6 heteroatoms. The zero-order chi connectivity index (χ0) is 8.86. The van der Waals surface area contributed by atoms with E-state index in [1.54, 1.807) is 13.8 Å². The van der Waals surface area contributed by atoms with Crippen LogP contribution in [-0.2, 0) is 15.0 Å². The maximum Gasteiger partial charge on any atom is 0.304 e. The lowest BCUT2D eigenvalue weighted by Crippen LogP contribution is -2.41. The second-order valence-electron chi connectivity index (χ2n) is 2.96. The number of hydrogen-bond donors (Lipinski definition) is 1. The molecule has 1 amide bonds. The van der Waals surface area contributed by atoms with Gasteiger partial charge in [-0.25, -0.2) is 4.72 Å². The van der Waals surface area contributed by atoms with Gasteiger partial charge in [0.05, 0.1) is 0 Å². The van der Waals surface area contributed by atoms with Crippen LogP contribution >= 0.6 is 0 Å². The van der Waals surface area contributed by atoms with Crippen molar-refractivity contribution in [3.8, 4) is 0 Å². The Balaban J connectivity index is 3.19. The zero-order valence-electron chi connectivity index (χ0n) is 6.58. The van der Waals surface area contributed by atoms with Gasteiger partial charge >= 0.3 is 10.2 Å². The van der Waals surface area contributed by atoms with E-state index < -0.39 is 21.7 Å². The van der Waals surface area contributed by atoms with Crippen LogP contribution in [0.25, 0.3) is 0 Å². The molecule has 1 aliphatic rings. The van der Waals surface area contributed by atoms with Crippen LogP contribution in [0.15, 0.2) is 0 Å². The molecule has 0 aliphatic carbocycles. The fourth-order valence-electron chi connectivity index (χ4n) is 0.754. The van der Waals surface area contributed by atoms with Gasteiger partial charge in [-0.1, -0.05) is 0 Å². The summed E-state index contributed by atoms with van der Waals surface area (Å²) in [5, 5.41) is 0. The van der Waals surface area contributed by atoms with Crippen molar-refractivity contribution in [3.05, 3.63) is 0 Å². The quantitative estimate of drug-likeness (QED) is 0.521. The zero-order valence-corrected chi connectivity index (χ0v) is 7.40. The Bertz CT molecular complexity index is 293. The molecular formula is C5H10N2O3S. The van der Waals surface area contributed by atoms with Crippen LogP contribution in [0.4, 0.5) is 0 Å². The highest BCUT2D eigenvalue weighted by Crippen LogP contribution is 2.21. The summed E-state index contributed by atoms with van der Waals surface area (Å²) in [6.45, 7) is 3.10. The van der Waals surface area contributed by atoms with Crippen molar-refractivity contribution in [2.75, 3.05) is 7.05 Å². The normalized spacial score (nSPS) is 28.5. The fourth-order valence-corrected chi connectivity index (χ4v) is 2.06. The molecule has 5 nitrogen and oxygen atoms in total. The van der Waals surface area contributed by atoms with E-state index >= 15 is 0 Å². The van der Waals surface area contributed by atoms with Gasteiger partial charge in [-0.15, -0.1) is 0 Å². The molecule has 1 heterocycles. The molecule has 1 N–H and O–H groups in total. The number of carbonyl (C=O) groups is 1. The van der Waals surface area contributed by atoms with E-state index in [0.29, 0.717) is 0 Å². The van der Waals surface area contributed by atoms with Crippen molar-refractivity contribution in [1.29, 1.82) is 0 Å². The van der Waals surface area contributed by atoms with Crippen molar-refractivity contribution in [1.82, 2.24) is 9.03 Å². The molecule has 1 saturated heterocycles. The molecule has 0 unspecified atom stereocenters. The number of likely N-dealkylation sites (N-methyl/N-ethyl adjacent to an activating group) is 1. The van der Waals surface area contributed by atoms with Gasteiger partial charge in [0.15, 0.2) is 0 Å². The third kappa shape index (κ3) is 1.02. The summed E-state index contributed by atoms with van der Waals surface area (Å²) in [5.74, 6) is -0.486. The molecule has 0 aromatic rings. The molecule has 0 aromatic carbocycles. The number of carbonyl (C=O) groups excluding carboxylic acids is 1. The van der Waals surface area contributed by atoms with Gasteiger partial charge in [0.2, 0.25) is 0 Å². The van der Waals surface area contributed by atoms with E-state index in [4.69, 9.17) is 0 Å². The Kier molecular flexibility index (Phi) is 1.50. The van der Waals surface area contributed by atoms with Gasteiger partial charge in [-0.05, 0) is 13.8 Å². The third-order valence-corrected chi connectivity index (χ3v) is 3.55. The number of hydrogen-bond acceptors (Lipinski definition) is 3. The van der Waals surface area contributed by atoms with Gasteiger partial charge in [0.25, 0.3) is 5.91 Å². The molecule has 0 aromatic heterocycles. The summed E-state index contributed by atoms with van der Waals surface area (Å²) in [7, 11) is -2.18. The molecule has 1 rings (SSSR count). The molecule has 0 saturated carbocycles. The Morgan fingerprint density at radius 3 is 2.00 bits per heavy atom. The van der Waals surface area contributed by atoms with Crippen LogP contribution in [-0.4, -0.2) is 31.2 Å². The first-order valence-corrected chi connectivity index (χ1v) is 4.54. The largest absolute Gasteiger partial charge is 0.304 e. The molecular weight excluding hydrogens is 168 g/mol. The van der Waals surface area contributed by atoms with Crippen LogP contribution in [0.3, 0.4) is 0 Å². The predicted molar refractivity (Wildman–Crippen MR) is 38.9 cm³/mol. The molecule has 0 bridgehead atoms. The first kappa shape index (κ1) is 8.48. The van der Waals surface area contributed by atoms with E-state index in [9.17, 15) is 13.2 Å². The third-order valence-electron chi connectivity index (χ3n) is 1.93. The van der Waals surface area contributed by atoms with Gasteiger partial charge in [-0.3, -0.25) is 4.79 Å². The highest BCUT2D eigenvalue weighted by Gasteiger charge is 2.47.